The van der Waals surface area contributed by atoms with Crippen molar-refractivity contribution in [2.75, 3.05) is 13.6 Å². The van der Waals surface area contributed by atoms with Gasteiger partial charge >= 0.3 is 0 Å². The Morgan fingerprint density at radius 1 is 1.27 bits per heavy atom. The smallest absolute Gasteiger partial charge is 0.0237 e. The fraction of sp³-hybridized carbons (Fsp3) is 0.538. The Kier molecular flexibility index (Phi) is 1.91. The Bertz CT molecular complexity index is 394. The van der Waals surface area contributed by atoms with E-state index in [2.05, 4.69) is 30.1 Å². The second kappa shape index (κ2) is 3.06. The van der Waals surface area contributed by atoms with E-state index in [1.165, 1.54) is 29.5 Å². The fourth-order valence-corrected chi connectivity index (χ4v) is 2.66. The van der Waals surface area contributed by atoms with Crippen molar-refractivity contribution in [3.63, 3.8) is 0 Å². The highest BCUT2D eigenvalue weighted by molar-refractivity contribution is 5.40. The van der Waals surface area contributed by atoms with Gasteiger partial charge in [-0.15, -0.1) is 0 Å². The normalized spacial score (nSPS) is 22.8. The first kappa shape index (κ1) is 9.37. The van der Waals surface area contributed by atoms with E-state index in [1.807, 2.05) is 0 Å². The zero-order chi connectivity index (χ0) is 10.5. The summed E-state index contributed by atoms with van der Waals surface area (Å²) in [5, 5.41) is 0. The molecule has 0 saturated heterocycles. The van der Waals surface area contributed by atoms with Crippen molar-refractivity contribution >= 4 is 0 Å². The molecule has 0 amide bonds. The van der Waals surface area contributed by atoms with Crippen LogP contribution in [0, 0.1) is 0 Å². The van der Waals surface area contributed by atoms with E-state index in [0.717, 1.165) is 19.6 Å². The first-order valence-electron chi connectivity index (χ1n) is 5.74. The fourth-order valence-electron chi connectivity index (χ4n) is 2.66. The number of nitrogens with two attached hydrogens (primary N) is 1. The van der Waals surface area contributed by atoms with Crippen LogP contribution in [0.25, 0.3) is 0 Å². The van der Waals surface area contributed by atoms with Crippen molar-refractivity contribution in [2.45, 2.75) is 31.3 Å². The molecule has 0 spiro atoms. The second-order valence-corrected chi connectivity index (χ2v) is 5.14. The Morgan fingerprint density at radius 2 is 2.00 bits per heavy atom. The summed E-state index contributed by atoms with van der Waals surface area (Å²) in [5.74, 6) is 0. The van der Waals surface area contributed by atoms with Gasteiger partial charge in [0, 0.05) is 25.0 Å². The van der Waals surface area contributed by atoms with Crippen LogP contribution in [0.1, 0.15) is 29.5 Å². The van der Waals surface area contributed by atoms with E-state index in [1.54, 1.807) is 0 Å². The van der Waals surface area contributed by atoms with Crippen molar-refractivity contribution in [1.29, 1.82) is 0 Å². The molecule has 0 bridgehead atoms. The van der Waals surface area contributed by atoms with Gasteiger partial charge in [0.1, 0.15) is 0 Å². The number of hydrogen-bond donors (Lipinski definition) is 1. The summed E-state index contributed by atoms with van der Waals surface area (Å²) in [4.78, 5) is 2.36. The first-order chi connectivity index (χ1) is 7.23. The van der Waals surface area contributed by atoms with Crippen LogP contribution in [-0.4, -0.2) is 18.5 Å². The lowest BCUT2D eigenvalue weighted by atomic mass is 9.93. The molecule has 1 heterocycles. The van der Waals surface area contributed by atoms with Crippen molar-refractivity contribution in [2.24, 2.45) is 5.73 Å². The van der Waals surface area contributed by atoms with Crippen molar-refractivity contribution in [3.05, 3.63) is 34.9 Å². The molecule has 1 saturated carbocycles. The maximum atomic E-state index is 5.86. The van der Waals surface area contributed by atoms with Gasteiger partial charge in [-0.1, -0.05) is 18.2 Å². The first-order valence-corrected chi connectivity index (χ1v) is 5.74. The average molecular weight is 202 g/mol. The van der Waals surface area contributed by atoms with Gasteiger partial charge in [-0.25, -0.2) is 0 Å². The highest BCUT2D eigenvalue weighted by Crippen LogP contribution is 2.47. The van der Waals surface area contributed by atoms with Gasteiger partial charge in [0.15, 0.2) is 0 Å². The second-order valence-electron chi connectivity index (χ2n) is 5.14. The summed E-state index contributed by atoms with van der Waals surface area (Å²) < 4.78 is 0. The van der Waals surface area contributed by atoms with Crippen LogP contribution in [0.5, 0.6) is 0 Å². The van der Waals surface area contributed by atoms with Gasteiger partial charge in [-0.05, 0) is 36.6 Å². The molecule has 0 radical (unpaired) electrons. The van der Waals surface area contributed by atoms with Crippen LogP contribution in [0.4, 0.5) is 0 Å². The van der Waals surface area contributed by atoms with Gasteiger partial charge in [0.05, 0.1) is 0 Å². The molecule has 2 aliphatic rings. The van der Waals surface area contributed by atoms with Gasteiger partial charge < -0.3 is 5.73 Å². The highest BCUT2D eigenvalue weighted by Gasteiger charge is 2.43. The zero-order valence-electron chi connectivity index (χ0n) is 9.29. The molecule has 0 atom stereocenters. The van der Waals surface area contributed by atoms with Crippen LogP contribution in [0.2, 0.25) is 0 Å². The molecular formula is C13H18N2. The van der Waals surface area contributed by atoms with Gasteiger partial charge in [0.2, 0.25) is 0 Å². The molecule has 0 aromatic heterocycles. The quantitative estimate of drug-likeness (QED) is 0.789. The van der Waals surface area contributed by atoms with Crippen LogP contribution < -0.4 is 5.73 Å². The predicted molar refractivity (Wildman–Crippen MR) is 61.6 cm³/mol. The summed E-state index contributed by atoms with van der Waals surface area (Å²) in [5.41, 5.74) is 10.7. The summed E-state index contributed by atoms with van der Waals surface area (Å²) in [6.07, 6.45) is 2.55. The lowest BCUT2D eigenvalue weighted by Crippen LogP contribution is -2.19. The maximum Gasteiger partial charge on any atom is 0.0237 e. The standard InChI is InChI=1S/C13H18N2/c1-15-7-10-2-3-12(6-11(10)8-15)13(9-14)4-5-13/h2-3,6H,4-5,7-9,14H2,1H3. The Morgan fingerprint density at radius 3 is 2.67 bits per heavy atom. The number of fused-ring (bicyclic) bond motifs is 1. The third kappa shape index (κ3) is 1.40. The van der Waals surface area contributed by atoms with E-state index in [0.29, 0.717) is 5.41 Å². The molecule has 0 unspecified atom stereocenters. The molecule has 1 aromatic carbocycles. The van der Waals surface area contributed by atoms with Crippen molar-refractivity contribution in [3.8, 4) is 0 Å². The molecule has 2 N–H and O–H groups in total. The minimum Gasteiger partial charge on any atom is -0.330 e. The summed E-state index contributed by atoms with van der Waals surface area (Å²) in [7, 11) is 2.18. The average Bonchev–Trinajstić information content (AvgIpc) is 2.94. The third-order valence-electron chi connectivity index (χ3n) is 3.94. The Hall–Kier alpha value is -0.860. The molecule has 2 nitrogen and oxygen atoms in total. The van der Waals surface area contributed by atoms with Crippen LogP contribution >= 0.6 is 0 Å². The van der Waals surface area contributed by atoms with Crippen LogP contribution in [0.15, 0.2) is 18.2 Å². The molecule has 1 aliphatic carbocycles. The van der Waals surface area contributed by atoms with Gasteiger partial charge in [0.25, 0.3) is 0 Å². The van der Waals surface area contributed by atoms with E-state index in [9.17, 15) is 0 Å². The molecule has 1 aromatic rings. The zero-order valence-corrected chi connectivity index (χ0v) is 9.29. The molecule has 3 rings (SSSR count). The monoisotopic (exact) mass is 202 g/mol. The van der Waals surface area contributed by atoms with Crippen molar-refractivity contribution < 1.29 is 0 Å². The highest BCUT2D eigenvalue weighted by atomic mass is 15.1. The van der Waals surface area contributed by atoms with Gasteiger partial charge in [-0.2, -0.15) is 0 Å². The Labute approximate surface area is 91.1 Å². The lowest BCUT2D eigenvalue weighted by Gasteiger charge is -2.13. The predicted octanol–water partition coefficient (Wildman–Crippen LogP) is 1.62. The molecule has 1 aliphatic heterocycles. The number of benzene rings is 1. The molecule has 1 fully saturated rings. The third-order valence-corrected chi connectivity index (χ3v) is 3.94. The summed E-state index contributed by atoms with van der Waals surface area (Å²) in [6.45, 7) is 3.01. The van der Waals surface area contributed by atoms with Crippen LogP contribution in [-0.2, 0) is 18.5 Å². The maximum absolute atomic E-state index is 5.86. The van der Waals surface area contributed by atoms with E-state index < -0.39 is 0 Å². The van der Waals surface area contributed by atoms with Crippen LogP contribution in [0.3, 0.4) is 0 Å². The minimum absolute atomic E-state index is 0.343. The van der Waals surface area contributed by atoms with Crippen molar-refractivity contribution in [1.82, 2.24) is 4.90 Å². The topological polar surface area (TPSA) is 29.3 Å². The molecule has 15 heavy (non-hydrogen) atoms. The molecule has 80 valence electrons. The lowest BCUT2D eigenvalue weighted by molar-refractivity contribution is 0.353. The summed E-state index contributed by atoms with van der Waals surface area (Å²) >= 11 is 0. The molecular weight excluding hydrogens is 184 g/mol. The summed E-state index contributed by atoms with van der Waals surface area (Å²) in [6, 6.07) is 6.97. The minimum atomic E-state index is 0.343. The van der Waals surface area contributed by atoms with E-state index >= 15 is 0 Å². The molecule has 2 heteroatoms. The SMILES string of the molecule is CN1Cc2ccc(C3(CN)CC3)cc2C1. The van der Waals surface area contributed by atoms with E-state index in [4.69, 9.17) is 5.73 Å². The number of nitrogens with zero attached hydrogens (tertiary/aromatic N) is 1. The number of hydrogen-bond acceptors (Lipinski definition) is 2. The van der Waals surface area contributed by atoms with E-state index in [-0.39, 0.29) is 0 Å². The Balaban J connectivity index is 1.97. The number of rotatable bonds is 2. The largest absolute Gasteiger partial charge is 0.330 e. The van der Waals surface area contributed by atoms with Gasteiger partial charge in [-0.3, -0.25) is 4.90 Å².